The van der Waals surface area contributed by atoms with Gasteiger partial charge in [0.25, 0.3) is 5.91 Å². The maximum Gasteiger partial charge on any atom is 0.405 e. The molecule has 0 bridgehead atoms. The molecule has 7 heteroatoms. The van der Waals surface area contributed by atoms with E-state index in [4.69, 9.17) is 5.41 Å². The Morgan fingerprint density at radius 1 is 1.39 bits per heavy atom. The number of hydrogen-bond donors (Lipinski definition) is 3. The molecule has 2 aliphatic carbocycles. The van der Waals surface area contributed by atoms with Crippen LogP contribution in [0.4, 0.5) is 13.2 Å². The van der Waals surface area contributed by atoms with Crippen molar-refractivity contribution in [3.8, 4) is 0 Å². The van der Waals surface area contributed by atoms with E-state index in [1.54, 1.807) is 13.1 Å². The first-order valence-corrected chi connectivity index (χ1v) is 7.54. The van der Waals surface area contributed by atoms with Crippen molar-refractivity contribution in [1.29, 1.82) is 5.41 Å². The van der Waals surface area contributed by atoms with E-state index in [2.05, 4.69) is 5.32 Å². The van der Waals surface area contributed by atoms with Crippen LogP contribution in [-0.2, 0) is 4.79 Å². The predicted molar refractivity (Wildman–Crippen MR) is 82.1 cm³/mol. The highest BCUT2D eigenvalue weighted by Crippen LogP contribution is 2.26. The van der Waals surface area contributed by atoms with Crippen LogP contribution in [0.15, 0.2) is 35.1 Å². The van der Waals surface area contributed by atoms with Crippen LogP contribution in [0.2, 0.25) is 0 Å². The van der Waals surface area contributed by atoms with Gasteiger partial charge in [0.05, 0.1) is 5.71 Å². The van der Waals surface area contributed by atoms with E-state index >= 15 is 0 Å². The van der Waals surface area contributed by atoms with E-state index in [0.29, 0.717) is 17.1 Å². The zero-order chi connectivity index (χ0) is 17.0. The van der Waals surface area contributed by atoms with E-state index in [9.17, 15) is 18.0 Å². The van der Waals surface area contributed by atoms with Crippen LogP contribution in [0.1, 0.15) is 26.2 Å². The van der Waals surface area contributed by atoms with Gasteiger partial charge in [-0.1, -0.05) is 6.42 Å². The Labute approximate surface area is 133 Å². The molecule has 0 aromatic carbocycles. The topological polar surface area (TPSA) is 65.0 Å². The molecule has 0 heterocycles. The summed E-state index contributed by atoms with van der Waals surface area (Å²) in [5.41, 5.74) is 1.42. The molecule has 2 aliphatic rings. The number of allylic oxidation sites excluding steroid dienone is 3. The maximum absolute atomic E-state index is 12.2. The van der Waals surface area contributed by atoms with Crippen molar-refractivity contribution < 1.29 is 18.0 Å². The molecule has 0 atom stereocenters. The summed E-state index contributed by atoms with van der Waals surface area (Å²) in [5, 5.41) is 12.9. The lowest BCUT2D eigenvalue weighted by molar-refractivity contribution is -0.136. The molecule has 0 aromatic rings. The molecule has 4 nitrogen and oxygen atoms in total. The van der Waals surface area contributed by atoms with Gasteiger partial charge in [-0.3, -0.25) is 4.79 Å². The second-order valence-electron chi connectivity index (χ2n) is 5.85. The van der Waals surface area contributed by atoms with Gasteiger partial charge in [0.2, 0.25) is 0 Å². The second kappa shape index (κ2) is 7.02. The molecule has 0 spiro atoms. The highest BCUT2D eigenvalue weighted by molar-refractivity contribution is 6.14. The molecule has 1 saturated carbocycles. The van der Waals surface area contributed by atoms with E-state index in [0.717, 1.165) is 6.54 Å². The highest BCUT2D eigenvalue weighted by atomic mass is 19.4. The van der Waals surface area contributed by atoms with Gasteiger partial charge in [-0.25, -0.2) is 0 Å². The van der Waals surface area contributed by atoms with Gasteiger partial charge >= 0.3 is 6.18 Å². The van der Waals surface area contributed by atoms with Crippen LogP contribution in [-0.4, -0.2) is 30.9 Å². The third-order valence-electron chi connectivity index (χ3n) is 4.09. The van der Waals surface area contributed by atoms with Crippen LogP contribution < -0.4 is 10.6 Å². The summed E-state index contributed by atoms with van der Waals surface area (Å²) >= 11 is 0. The Kier molecular flexibility index (Phi) is 5.28. The molecule has 3 N–H and O–H groups in total. The third kappa shape index (κ3) is 4.71. The third-order valence-corrected chi connectivity index (χ3v) is 4.09. The molecule has 1 fully saturated rings. The molecule has 126 valence electrons. The first-order valence-electron chi connectivity index (χ1n) is 7.54. The van der Waals surface area contributed by atoms with Crippen LogP contribution >= 0.6 is 0 Å². The summed E-state index contributed by atoms with van der Waals surface area (Å²) in [4.78, 5) is 11.9. The normalized spacial score (nSPS) is 20.7. The van der Waals surface area contributed by atoms with Gasteiger partial charge in [-0.2, -0.15) is 13.2 Å². The Bertz CT molecular complexity index is 584. The van der Waals surface area contributed by atoms with E-state index in [1.807, 2.05) is 5.32 Å². The van der Waals surface area contributed by atoms with Crippen molar-refractivity contribution in [2.75, 3.05) is 13.1 Å². The smallest absolute Gasteiger partial charge is 0.390 e. The summed E-state index contributed by atoms with van der Waals surface area (Å²) in [6.45, 7) is 1.08. The number of nitrogens with one attached hydrogen (secondary N) is 3. The molecular weight excluding hydrogens is 307 g/mol. The molecule has 0 aliphatic heterocycles. The van der Waals surface area contributed by atoms with E-state index in [-0.39, 0.29) is 11.3 Å². The number of carbonyl (C=O) groups is 1. The van der Waals surface area contributed by atoms with Crippen LogP contribution in [0.25, 0.3) is 0 Å². The van der Waals surface area contributed by atoms with Gasteiger partial charge in [-0.05, 0) is 43.4 Å². The standard InChI is InChI=1S/C16H20F3N3O/c1-10-12(15(23)22-9-16(17,18)19)5-6-14(20)13(10)8-21-7-11-3-2-4-11/h5-6,8,11,20-21H,2-4,7,9H2,1H3,(H,22,23)/b13-8-,20-14?. The quantitative estimate of drug-likeness (QED) is 0.727. The minimum absolute atomic E-state index is 0.155. The van der Waals surface area contributed by atoms with Gasteiger partial charge in [0.15, 0.2) is 0 Å². The Morgan fingerprint density at radius 2 is 2.09 bits per heavy atom. The lowest BCUT2D eigenvalue weighted by atomic mass is 9.85. The number of hydrogen-bond acceptors (Lipinski definition) is 3. The van der Waals surface area contributed by atoms with Crippen molar-refractivity contribution in [1.82, 2.24) is 10.6 Å². The molecule has 1 amide bonds. The second-order valence-corrected chi connectivity index (χ2v) is 5.85. The number of halogens is 3. The number of carbonyl (C=O) groups excluding carboxylic acids is 1. The number of amides is 1. The SMILES string of the molecule is CC1=C(C(=O)NCC(F)(F)F)C=CC(=N)/C1=C\NCC1CCC1. The van der Waals surface area contributed by atoms with Crippen molar-refractivity contribution in [3.05, 3.63) is 35.1 Å². The van der Waals surface area contributed by atoms with Gasteiger partial charge < -0.3 is 16.0 Å². The first kappa shape index (κ1) is 17.3. The first-order chi connectivity index (χ1) is 10.8. The van der Waals surface area contributed by atoms with Gasteiger partial charge in [0, 0.05) is 23.9 Å². The fraction of sp³-hybridized carbons (Fsp3) is 0.500. The van der Waals surface area contributed by atoms with Gasteiger partial charge in [-0.15, -0.1) is 0 Å². The van der Waals surface area contributed by atoms with Crippen molar-refractivity contribution in [3.63, 3.8) is 0 Å². The van der Waals surface area contributed by atoms with Crippen molar-refractivity contribution in [2.45, 2.75) is 32.4 Å². The Balaban J connectivity index is 2.05. The molecule has 0 saturated heterocycles. The van der Waals surface area contributed by atoms with Crippen LogP contribution in [0.5, 0.6) is 0 Å². The predicted octanol–water partition coefficient (Wildman–Crippen LogP) is 2.84. The minimum atomic E-state index is -4.45. The monoisotopic (exact) mass is 327 g/mol. The minimum Gasteiger partial charge on any atom is -0.390 e. The van der Waals surface area contributed by atoms with Crippen LogP contribution in [0, 0.1) is 11.3 Å². The molecule has 2 rings (SSSR count). The average Bonchev–Trinajstić information content (AvgIpc) is 2.41. The zero-order valence-corrected chi connectivity index (χ0v) is 12.9. The summed E-state index contributed by atoms with van der Waals surface area (Å²) in [6.07, 6.45) is 3.65. The largest absolute Gasteiger partial charge is 0.405 e. The summed E-state index contributed by atoms with van der Waals surface area (Å²) < 4.78 is 36.6. The summed E-state index contributed by atoms with van der Waals surface area (Å²) in [7, 11) is 0. The zero-order valence-electron chi connectivity index (χ0n) is 12.9. The lowest BCUT2D eigenvalue weighted by Gasteiger charge is -2.25. The lowest BCUT2D eigenvalue weighted by Crippen LogP contribution is -2.35. The number of rotatable bonds is 5. The highest BCUT2D eigenvalue weighted by Gasteiger charge is 2.29. The molecule has 23 heavy (non-hydrogen) atoms. The fourth-order valence-electron chi connectivity index (χ4n) is 2.46. The van der Waals surface area contributed by atoms with Crippen molar-refractivity contribution >= 4 is 11.6 Å². The maximum atomic E-state index is 12.2. The fourth-order valence-corrected chi connectivity index (χ4v) is 2.46. The van der Waals surface area contributed by atoms with Gasteiger partial charge in [0.1, 0.15) is 6.54 Å². The summed E-state index contributed by atoms with van der Waals surface area (Å²) in [5.74, 6) is -0.146. The number of alkyl halides is 3. The summed E-state index contributed by atoms with van der Waals surface area (Å²) in [6, 6.07) is 0. The van der Waals surface area contributed by atoms with Crippen LogP contribution in [0.3, 0.4) is 0 Å². The Morgan fingerprint density at radius 3 is 2.65 bits per heavy atom. The molecule has 0 radical (unpaired) electrons. The van der Waals surface area contributed by atoms with E-state index < -0.39 is 18.6 Å². The average molecular weight is 327 g/mol. The Hall–Kier alpha value is -2.05. The molecule has 0 unspecified atom stereocenters. The van der Waals surface area contributed by atoms with E-state index in [1.165, 1.54) is 31.4 Å². The molecule has 0 aromatic heterocycles. The molecular formula is C16H20F3N3O. The van der Waals surface area contributed by atoms with Crippen molar-refractivity contribution in [2.24, 2.45) is 5.92 Å².